The largest absolute Gasteiger partial charge is 0.376 e. The van der Waals surface area contributed by atoms with Crippen LogP contribution in [0.1, 0.15) is 31.4 Å². The molecule has 142 valence electrons. The molecule has 2 unspecified atom stereocenters. The van der Waals surface area contributed by atoms with Crippen molar-refractivity contribution in [2.24, 2.45) is 5.73 Å². The Kier molecular flexibility index (Phi) is 9.17. The third-order valence-electron chi connectivity index (χ3n) is 4.99. The molecule has 1 aromatic carbocycles. The second-order valence-corrected chi connectivity index (χ2v) is 6.62. The maximum absolute atomic E-state index is 12.6. The van der Waals surface area contributed by atoms with Gasteiger partial charge in [-0.25, -0.2) is 0 Å². The number of rotatable bonds is 3. The lowest BCUT2D eigenvalue weighted by atomic mass is 10.00. The molecule has 2 N–H and O–H groups in total. The molecular formula is C18H29Cl2N3O2. The van der Waals surface area contributed by atoms with Gasteiger partial charge in [-0.1, -0.05) is 30.3 Å². The number of piperidine rings is 1. The van der Waals surface area contributed by atoms with Crippen molar-refractivity contribution >= 4 is 30.7 Å². The lowest BCUT2D eigenvalue weighted by Gasteiger charge is -2.42. The monoisotopic (exact) mass is 389 g/mol. The van der Waals surface area contributed by atoms with Crippen LogP contribution in [-0.4, -0.2) is 60.6 Å². The molecule has 0 radical (unpaired) electrons. The van der Waals surface area contributed by atoms with E-state index in [4.69, 9.17) is 10.5 Å². The summed E-state index contributed by atoms with van der Waals surface area (Å²) in [5, 5.41) is 0. The van der Waals surface area contributed by atoms with Crippen molar-refractivity contribution in [3.8, 4) is 0 Å². The van der Waals surface area contributed by atoms with Gasteiger partial charge in [-0.15, -0.1) is 24.8 Å². The van der Waals surface area contributed by atoms with Crippen molar-refractivity contribution in [3.05, 3.63) is 35.9 Å². The Balaban J connectivity index is 0.00000156. The van der Waals surface area contributed by atoms with E-state index in [9.17, 15) is 4.79 Å². The zero-order valence-corrected chi connectivity index (χ0v) is 16.3. The second kappa shape index (κ2) is 10.3. The number of likely N-dealkylation sites (tertiary alicyclic amines) is 1. The molecule has 2 aliphatic rings. The molecule has 3 rings (SSSR count). The smallest absolute Gasteiger partial charge is 0.244 e. The second-order valence-electron chi connectivity index (χ2n) is 6.62. The van der Waals surface area contributed by atoms with Crippen LogP contribution in [0.15, 0.2) is 30.3 Å². The van der Waals surface area contributed by atoms with Crippen LogP contribution in [0, 0.1) is 0 Å². The van der Waals surface area contributed by atoms with Gasteiger partial charge < -0.3 is 15.4 Å². The van der Waals surface area contributed by atoms with E-state index in [1.54, 1.807) is 0 Å². The fourth-order valence-electron chi connectivity index (χ4n) is 3.63. The molecule has 0 aliphatic carbocycles. The fourth-order valence-corrected chi connectivity index (χ4v) is 3.63. The average Bonchev–Trinajstić information content (AvgIpc) is 2.61. The highest BCUT2D eigenvalue weighted by Gasteiger charge is 2.31. The molecule has 2 atom stereocenters. The van der Waals surface area contributed by atoms with Gasteiger partial charge in [0.05, 0.1) is 12.7 Å². The van der Waals surface area contributed by atoms with Crippen molar-refractivity contribution in [1.29, 1.82) is 0 Å². The van der Waals surface area contributed by atoms with Crippen LogP contribution in [0.3, 0.4) is 0 Å². The van der Waals surface area contributed by atoms with Crippen molar-refractivity contribution in [3.63, 3.8) is 0 Å². The number of carbonyl (C=O) groups excluding carboxylic acids is 1. The summed E-state index contributed by atoms with van der Waals surface area (Å²) in [6.45, 7) is 6.56. The number of amides is 1. The van der Waals surface area contributed by atoms with E-state index >= 15 is 0 Å². The Bertz CT molecular complexity index is 524. The molecule has 2 saturated heterocycles. The Morgan fingerprint density at radius 3 is 2.40 bits per heavy atom. The molecule has 2 aliphatic heterocycles. The van der Waals surface area contributed by atoms with Crippen molar-refractivity contribution in [2.75, 3.05) is 32.8 Å². The third-order valence-corrected chi connectivity index (χ3v) is 4.99. The van der Waals surface area contributed by atoms with E-state index in [-0.39, 0.29) is 30.7 Å². The number of hydrogen-bond acceptors (Lipinski definition) is 4. The van der Waals surface area contributed by atoms with Gasteiger partial charge in [-0.3, -0.25) is 9.69 Å². The van der Waals surface area contributed by atoms with Crippen molar-refractivity contribution in [2.45, 2.75) is 38.0 Å². The normalized spacial score (nSPS) is 23.3. The number of nitrogens with two attached hydrogens (primary N) is 1. The lowest BCUT2D eigenvalue weighted by molar-refractivity contribution is -0.134. The number of carbonyl (C=O) groups is 1. The summed E-state index contributed by atoms with van der Waals surface area (Å²) in [7, 11) is 0. The minimum atomic E-state index is -0.545. The summed E-state index contributed by atoms with van der Waals surface area (Å²) in [5.41, 5.74) is 7.04. The summed E-state index contributed by atoms with van der Waals surface area (Å²) in [5.74, 6) is 0.0463. The van der Waals surface area contributed by atoms with Gasteiger partial charge in [-0.05, 0) is 25.3 Å². The van der Waals surface area contributed by atoms with E-state index in [1.807, 2.05) is 35.2 Å². The van der Waals surface area contributed by atoms with Gasteiger partial charge in [0.1, 0.15) is 6.04 Å². The number of hydrogen-bond donors (Lipinski definition) is 1. The minimum absolute atomic E-state index is 0. The Labute approximate surface area is 162 Å². The topological polar surface area (TPSA) is 58.8 Å². The average molecular weight is 390 g/mol. The number of halogens is 2. The van der Waals surface area contributed by atoms with Gasteiger partial charge >= 0.3 is 0 Å². The van der Waals surface area contributed by atoms with Gasteiger partial charge in [-0.2, -0.15) is 0 Å². The maximum atomic E-state index is 12.6. The Morgan fingerprint density at radius 1 is 1.16 bits per heavy atom. The summed E-state index contributed by atoms with van der Waals surface area (Å²) in [4.78, 5) is 17.1. The molecule has 0 aromatic heterocycles. The summed E-state index contributed by atoms with van der Waals surface area (Å²) in [6.07, 6.45) is 2.37. The molecule has 25 heavy (non-hydrogen) atoms. The molecule has 1 amide bonds. The molecule has 5 nitrogen and oxygen atoms in total. The standard InChI is InChI=1S/C18H27N3O2.2ClH/c1-14-13-21(11-12-23-14)16-7-9-20(10-8-16)18(22)17(19)15-5-3-2-4-6-15;;/h2-6,14,16-17H,7-13,19H2,1H3;2*1H. The third kappa shape index (κ3) is 5.56. The number of ether oxygens (including phenoxy) is 1. The zero-order valence-electron chi connectivity index (χ0n) is 14.7. The summed E-state index contributed by atoms with van der Waals surface area (Å²) < 4.78 is 5.62. The van der Waals surface area contributed by atoms with Crippen LogP contribution < -0.4 is 5.73 Å². The highest BCUT2D eigenvalue weighted by molar-refractivity contribution is 5.85. The predicted molar refractivity (Wildman–Crippen MR) is 104 cm³/mol. The molecule has 2 heterocycles. The highest BCUT2D eigenvalue weighted by Crippen LogP contribution is 2.22. The van der Waals surface area contributed by atoms with Crippen LogP contribution in [0.5, 0.6) is 0 Å². The summed E-state index contributed by atoms with van der Waals surface area (Å²) in [6, 6.07) is 9.65. The van der Waals surface area contributed by atoms with Crippen LogP contribution >= 0.6 is 24.8 Å². The molecule has 7 heteroatoms. The molecule has 1 aromatic rings. The molecule has 0 spiro atoms. The zero-order chi connectivity index (χ0) is 16.2. The number of morpholine rings is 1. The van der Waals surface area contributed by atoms with E-state index in [0.29, 0.717) is 12.1 Å². The van der Waals surface area contributed by atoms with Gasteiger partial charge in [0.15, 0.2) is 0 Å². The first-order valence-electron chi connectivity index (χ1n) is 8.60. The van der Waals surface area contributed by atoms with Crippen LogP contribution in [-0.2, 0) is 9.53 Å². The van der Waals surface area contributed by atoms with E-state index in [0.717, 1.165) is 51.2 Å². The highest BCUT2D eigenvalue weighted by atomic mass is 35.5. The molecule has 0 saturated carbocycles. The van der Waals surface area contributed by atoms with Crippen molar-refractivity contribution in [1.82, 2.24) is 9.80 Å². The van der Waals surface area contributed by atoms with Crippen LogP contribution in [0.2, 0.25) is 0 Å². The quantitative estimate of drug-likeness (QED) is 0.860. The maximum Gasteiger partial charge on any atom is 0.244 e. The first kappa shape index (κ1) is 22.2. The van der Waals surface area contributed by atoms with Crippen molar-refractivity contribution < 1.29 is 9.53 Å². The Morgan fingerprint density at radius 2 is 1.80 bits per heavy atom. The molecule has 2 fully saturated rings. The van der Waals surface area contributed by atoms with Gasteiger partial charge in [0, 0.05) is 32.2 Å². The van der Waals surface area contributed by atoms with E-state index < -0.39 is 6.04 Å². The number of benzene rings is 1. The first-order valence-corrected chi connectivity index (χ1v) is 8.60. The Hall–Kier alpha value is -0.850. The van der Waals surface area contributed by atoms with Gasteiger partial charge in [0.25, 0.3) is 0 Å². The minimum Gasteiger partial charge on any atom is -0.376 e. The fraction of sp³-hybridized carbons (Fsp3) is 0.611. The molecular weight excluding hydrogens is 361 g/mol. The molecule has 0 bridgehead atoms. The SMILES string of the molecule is CC1CN(C2CCN(C(=O)C(N)c3ccccc3)CC2)CCO1.Cl.Cl. The van der Waals surface area contributed by atoms with E-state index in [2.05, 4.69) is 11.8 Å². The van der Waals surface area contributed by atoms with Gasteiger partial charge in [0.2, 0.25) is 5.91 Å². The van der Waals surface area contributed by atoms with Crippen LogP contribution in [0.4, 0.5) is 0 Å². The van der Waals surface area contributed by atoms with E-state index in [1.165, 1.54) is 0 Å². The first-order chi connectivity index (χ1) is 11.1. The number of nitrogens with zero attached hydrogens (tertiary/aromatic N) is 2. The lowest BCUT2D eigenvalue weighted by Crippen LogP contribution is -2.52. The van der Waals surface area contributed by atoms with Crippen LogP contribution in [0.25, 0.3) is 0 Å². The predicted octanol–water partition coefficient (Wildman–Crippen LogP) is 2.24. The summed E-state index contributed by atoms with van der Waals surface area (Å²) >= 11 is 0.